The minimum atomic E-state index is 0.255. The molecule has 0 aliphatic heterocycles. The quantitative estimate of drug-likeness (QED) is 0.397. The molecule has 18 heavy (non-hydrogen) atoms. The first-order chi connectivity index (χ1) is 8.60. The fourth-order valence-corrected chi connectivity index (χ4v) is 2.74. The average molecular weight is 346 g/mol. The Morgan fingerprint density at radius 2 is 2.06 bits per heavy atom. The highest BCUT2D eigenvalue weighted by molar-refractivity contribution is 9.11. The van der Waals surface area contributed by atoms with Crippen LogP contribution in [0, 0.1) is 0 Å². The number of hydrogen-bond acceptors (Lipinski definition) is 6. The van der Waals surface area contributed by atoms with Crippen molar-refractivity contribution >= 4 is 39.5 Å². The van der Waals surface area contributed by atoms with E-state index in [2.05, 4.69) is 30.9 Å². The second-order valence-corrected chi connectivity index (χ2v) is 7.50. The molecule has 2 N–H and O–H groups in total. The first-order valence-corrected chi connectivity index (χ1v) is 8.13. The zero-order valence-corrected chi connectivity index (χ0v) is 13.1. The van der Waals surface area contributed by atoms with Crippen LogP contribution in [0.15, 0.2) is 28.9 Å². The van der Waals surface area contributed by atoms with Crippen LogP contribution in [-0.4, -0.2) is 30.0 Å². The Hall–Kier alpha value is -0.730. The Morgan fingerprint density at radius 3 is 2.61 bits per heavy atom. The van der Waals surface area contributed by atoms with Gasteiger partial charge in [-0.1, -0.05) is 39.5 Å². The van der Waals surface area contributed by atoms with Crippen LogP contribution >= 0.6 is 39.5 Å². The van der Waals surface area contributed by atoms with Crippen LogP contribution in [0.1, 0.15) is 6.92 Å². The van der Waals surface area contributed by atoms with Gasteiger partial charge < -0.3 is 5.84 Å². The van der Waals surface area contributed by atoms with E-state index in [1.54, 1.807) is 30.4 Å². The van der Waals surface area contributed by atoms with Crippen molar-refractivity contribution < 1.29 is 0 Å². The molecule has 0 amide bonds. The smallest absolute Gasteiger partial charge is 0.188 e. The van der Waals surface area contributed by atoms with Gasteiger partial charge in [-0.05, 0) is 13.2 Å². The molecule has 0 aromatic carbocycles. The molecule has 0 saturated carbocycles. The monoisotopic (exact) mass is 345 g/mol. The molecule has 2 aromatic rings. The lowest BCUT2D eigenvalue weighted by atomic mass is 10.3. The summed E-state index contributed by atoms with van der Waals surface area (Å²) in [5.41, 5.74) is 1.64. The molecule has 1 atom stereocenters. The van der Waals surface area contributed by atoms with Gasteiger partial charge in [-0.15, -0.1) is 0 Å². The predicted molar refractivity (Wildman–Crippen MR) is 79.4 cm³/mol. The molecule has 0 bridgehead atoms. The van der Waals surface area contributed by atoms with E-state index in [1.165, 1.54) is 16.4 Å². The van der Waals surface area contributed by atoms with E-state index in [0.29, 0.717) is 0 Å². The van der Waals surface area contributed by atoms with E-state index in [9.17, 15) is 0 Å². The molecule has 0 saturated heterocycles. The van der Waals surface area contributed by atoms with Crippen molar-refractivity contribution in [2.45, 2.75) is 21.4 Å². The molecule has 2 heterocycles. The SMILES string of the molecule is CSc1ncc(-c2cn(N)c(SC(C)Br)n2)cn1. The number of nitrogens with zero attached hydrogens (tertiary/aromatic N) is 4. The third-order valence-electron chi connectivity index (χ3n) is 2.07. The van der Waals surface area contributed by atoms with Crippen molar-refractivity contribution in [1.82, 2.24) is 19.6 Å². The van der Waals surface area contributed by atoms with Gasteiger partial charge >= 0.3 is 0 Å². The molecule has 0 aliphatic rings. The number of hydrogen-bond donors (Lipinski definition) is 1. The molecular weight excluding hydrogens is 334 g/mol. The lowest BCUT2D eigenvalue weighted by Crippen LogP contribution is -2.08. The molecule has 5 nitrogen and oxygen atoms in total. The summed E-state index contributed by atoms with van der Waals surface area (Å²) < 4.78 is 1.77. The number of aromatic nitrogens is 4. The number of alkyl halides is 1. The van der Waals surface area contributed by atoms with Crippen molar-refractivity contribution in [3.05, 3.63) is 18.6 Å². The highest BCUT2D eigenvalue weighted by atomic mass is 79.9. The maximum atomic E-state index is 5.85. The molecule has 0 radical (unpaired) electrons. The summed E-state index contributed by atoms with van der Waals surface area (Å²) in [6.45, 7) is 2.02. The fraction of sp³-hybridized carbons (Fsp3) is 0.300. The van der Waals surface area contributed by atoms with Crippen LogP contribution in [0.2, 0.25) is 0 Å². The second kappa shape index (κ2) is 5.94. The molecule has 8 heteroatoms. The maximum Gasteiger partial charge on any atom is 0.188 e. The van der Waals surface area contributed by atoms with Crippen LogP contribution in [0.25, 0.3) is 11.3 Å². The van der Waals surface area contributed by atoms with Crippen LogP contribution in [-0.2, 0) is 0 Å². The third-order valence-corrected chi connectivity index (χ3v) is 4.05. The Morgan fingerprint density at radius 1 is 1.39 bits per heavy atom. The van der Waals surface area contributed by atoms with E-state index >= 15 is 0 Å². The number of nitrogens with two attached hydrogens (primary N) is 1. The van der Waals surface area contributed by atoms with Gasteiger partial charge in [0.2, 0.25) is 0 Å². The molecule has 1 unspecified atom stereocenters. The highest BCUT2D eigenvalue weighted by Gasteiger charge is 2.11. The van der Waals surface area contributed by atoms with Crippen molar-refractivity contribution in [3.8, 4) is 11.3 Å². The average Bonchev–Trinajstić information content (AvgIpc) is 2.70. The van der Waals surface area contributed by atoms with E-state index in [4.69, 9.17) is 5.84 Å². The number of thioether (sulfide) groups is 2. The first-order valence-electron chi connectivity index (χ1n) is 5.11. The van der Waals surface area contributed by atoms with E-state index < -0.39 is 0 Å². The van der Waals surface area contributed by atoms with Gasteiger partial charge in [0.15, 0.2) is 10.3 Å². The van der Waals surface area contributed by atoms with Crippen LogP contribution in [0.4, 0.5) is 0 Å². The zero-order valence-electron chi connectivity index (χ0n) is 9.87. The molecule has 0 fully saturated rings. The standard InChI is InChI=1S/C10H12BrN5S2/c1-6(11)18-10-15-8(5-16(10)12)7-3-13-9(17-2)14-4-7/h3-6H,12H2,1-2H3. The largest absolute Gasteiger partial charge is 0.337 e. The van der Waals surface area contributed by atoms with Crippen LogP contribution < -0.4 is 5.84 Å². The summed E-state index contributed by atoms with van der Waals surface area (Å²) in [4.78, 5) is 12.9. The predicted octanol–water partition coefficient (Wildman–Crippen LogP) is 2.61. The third kappa shape index (κ3) is 3.18. The Labute approximate surface area is 122 Å². The fourth-order valence-electron chi connectivity index (χ4n) is 1.30. The number of halogens is 1. The number of nitrogen functional groups attached to an aromatic ring is 1. The van der Waals surface area contributed by atoms with Gasteiger partial charge in [-0.3, -0.25) is 0 Å². The molecule has 2 aromatic heterocycles. The number of imidazole rings is 1. The van der Waals surface area contributed by atoms with E-state index in [1.807, 2.05) is 13.2 Å². The van der Waals surface area contributed by atoms with Crippen molar-refractivity contribution in [2.24, 2.45) is 0 Å². The van der Waals surface area contributed by atoms with E-state index in [0.717, 1.165) is 21.6 Å². The Kier molecular flexibility index (Phi) is 4.52. The lowest BCUT2D eigenvalue weighted by molar-refractivity contribution is 0.851. The summed E-state index contributed by atoms with van der Waals surface area (Å²) in [6, 6.07) is 0. The van der Waals surface area contributed by atoms with Crippen LogP contribution in [0.5, 0.6) is 0 Å². The zero-order chi connectivity index (χ0) is 13.1. The second-order valence-electron chi connectivity index (χ2n) is 3.44. The van der Waals surface area contributed by atoms with Gasteiger partial charge in [0.1, 0.15) is 0 Å². The minimum absolute atomic E-state index is 0.255. The molecule has 0 aliphatic carbocycles. The normalized spacial score (nSPS) is 12.6. The Balaban J connectivity index is 2.27. The molecule has 96 valence electrons. The van der Waals surface area contributed by atoms with Crippen molar-refractivity contribution in [3.63, 3.8) is 0 Å². The maximum absolute atomic E-state index is 5.85. The summed E-state index contributed by atoms with van der Waals surface area (Å²) in [6.07, 6.45) is 7.23. The molecule has 0 spiro atoms. The summed E-state index contributed by atoms with van der Waals surface area (Å²) in [7, 11) is 0. The summed E-state index contributed by atoms with van der Waals surface area (Å²) in [5.74, 6) is 5.85. The van der Waals surface area contributed by atoms with Gasteiger partial charge in [-0.2, -0.15) is 0 Å². The van der Waals surface area contributed by atoms with Crippen LogP contribution in [0.3, 0.4) is 0 Å². The first kappa shape index (κ1) is 13.7. The minimum Gasteiger partial charge on any atom is -0.337 e. The lowest BCUT2D eigenvalue weighted by Gasteiger charge is -2.01. The summed E-state index contributed by atoms with van der Waals surface area (Å²) in [5, 5.41) is 1.50. The summed E-state index contributed by atoms with van der Waals surface area (Å²) >= 11 is 6.51. The topological polar surface area (TPSA) is 69.6 Å². The molecular formula is C10H12BrN5S2. The number of rotatable bonds is 4. The Bertz CT molecular complexity index is 526. The highest BCUT2D eigenvalue weighted by Crippen LogP contribution is 2.27. The van der Waals surface area contributed by atoms with Crippen molar-refractivity contribution in [1.29, 1.82) is 0 Å². The van der Waals surface area contributed by atoms with Gasteiger partial charge in [0, 0.05) is 18.0 Å². The van der Waals surface area contributed by atoms with Gasteiger partial charge in [0.25, 0.3) is 0 Å². The van der Waals surface area contributed by atoms with Gasteiger partial charge in [-0.25, -0.2) is 19.6 Å². The molecule has 2 rings (SSSR count). The van der Waals surface area contributed by atoms with E-state index in [-0.39, 0.29) is 4.16 Å². The van der Waals surface area contributed by atoms with Crippen molar-refractivity contribution in [2.75, 3.05) is 12.1 Å². The van der Waals surface area contributed by atoms with Gasteiger partial charge in [0.05, 0.1) is 16.0 Å².